The van der Waals surface area contributed by atoms with Gasteiger partial charge in [0.1, 0.15) is 5.75 Å². The molecule has 0 unspecified atom stereocenters. The Labute approximate surface area is 259 Å². The molecule has 2 atom stereocenters. The first kappa shape index (κ1) is 30.5. The van der Waals surface area contributed by atoms with Crippen LogP contribution in [0, 0.1) is 11.8 Å². The van der Waals surface area contributed by atoms with Crippen LogP contribution in [-0.2, 0) is 24.7 Å². The summed E-state index contributed by atoms with van der Waals surface area (Å²) in [4.78, 5) is 49.3. The zero-order valence-corrected chi connectivity index (χ0v) is 26.1. The summed E-state index contributed by atoms with van der Waals surface area (Å²) in [5.41, 5.74) is 1.12. The minimum Gasteiger partial charge on any atom is -0.476 e. The van der Waals surface area contributed by atoms with Gasteiger partial charge in [-0.3, -0.25) is 19.4 Å². The zero-order chi connectivity index (χ0) is 30.9. The maximum absolute atomic E-state index is 14.2. The quantitative estimate of drug-likeness (QED) is 0.396. The molecular weight excluding hydrogens is 558 g/mol. The van der Waals surface area contributed by atoms with Crippen molar-refractivity contribution in [2.24, 2.45) is 11.8 Å². The smallest absolute Gasteiger partial charge is 0.270 e. The molecule has 0 radical (unpaired) electrons. The summed E-state index contributed by atoms with van der Waals surface area (Å²) in [5, 5.41) is 6.79. The predicted octanol–water partition coefficient (Wildman–Crippen LogP) is 3.93. The molecule has 2 aliphatic heterocycles. The normalized spacial score (nSPS) is 23.9. The van der Waals surface area contributed by atoms with E-state index < -0.39 is 11.1 Å². The van der Waals surface area contributed by atoms with E-state index in [2.05, 4.69) is 21.7 Å². The number of hydrogen-bond acceptors (Lipinski definition) is 7. The monoisotopic (exact) mass is 603 g/mol. The van der Waals surface area contributed by atoms with Crippen LogP contribution < -0.4 is 25.2 Å². The summed E-state index contributed by atoms with van der Waals surface area (Å²) in [5.74, 6) is -0.0968. The molecule has 3 amide bonds. The molecule has 236 valence electrons. The lowest BCUT2D eigenvalue weighted by atomic mass is 9.85. The van der Waals surface area contributed by atoms with Crippen molar-refractivity contribution >= 4 is 29.1 Å². The fourth-order valence-corrected chi connectivity index (χ4v) is 7.12. The number of methoxy groups -OCH3 is 1. The van der Waals surface area contributed by atoms with Gasteiger partial charge in [0.05, 0.1) is 23.1 Å². The van der Waals surface area contributed by atoms with Crippen LogP contribution in [0.25, 0.3) is 0 Å². The maximum atomic E-state index is 14.2. The maximum Gasteiger partial charge on any atom is 0.270 e. The molecular formula is C34H45N5O5. The lowest BCUT2D eigenvalue weighted by Gasteiger charge is -2.40. The van der Waals surface area contributed by atoms with Gasteiger partial charge in [-0.25, -0.2) is 0 Å². The van der Waals surface area contributed by atoms with Crippen LogP contribution in [0.5, 0.6) is 5.75 Å². The predicted molar refractivity (Wildman–Crippen MR) is 167 cm³/mol. The molecule has 2 aromatic rings. The third kappa shape index (κ3) is 6.06. The number of carbonyl (C=O) groups is 3. The molecule has 0 bridgehead atoms. The summed E-state index contributed by atoms with van der Waals surface area (Å²) in [6.45, 7) is 5.68. The number of anilines is 2. The van der Waals surface area contributed by atoms with E-state index in [4.69, 9.17) is 9.47 Å². The van der Waals surface area contributed by atoms with Crippen molar-refractivity contribution in [3.63, 3.8) is 0 Å². The van der Waals surface area contributed by atoms with Crippen LogP contribution in [0.4, 0.5) is 11.4 Å². The van der Waals surface area contributed by atoms with Crippen molar-refractivity contribution in [3.8, 4) is 5.75 Å². The summed E-state index contributed by atoms with van der Waals surface area (Å²) >= 11 is 0. The summed E-state index contributed by atoms with van der Waals surface area (Å²) in [6, 6.07) is 9.80. The number of nitrogens with one attached hydrogen (secondary N) is 2. The average molecular weight is 604 g/mol. The molecule has 1 saturated heterocycles. The topological polar surface area (TPSA) is 113 Å². The molecule has 2 N–H and O–H groups in total. The highest BCUT2D eigenvalue weighted by Gasteiger charge is 2.44. The summed E-state index contributed by atoms with van der Waals surface area (Å²) in [6.07, 6.45) is 10.6. The lowest BCUT2D eigenvalue weighted by molar-refractivity contribution is -0.132. The van der Waals surface area contributed by atoms with Crippen LogP contribution in [0.2, 0.25) is 0 Å². The zero-order valence-electron chi connectivity index (χ0n) is 26.1. The van der Waals surface area contributed by atoms with Gasteiger partial charge in [-0.05, 0) is 82.2 Å². The lowest BCUT2D eigenvalue weighted by Crippen LogP contribution is -2.53. The van der Waals surface area contributed by atoms with Gasteiger partial charge < -0.3 is 29.9 Å². The van der Waals surface area contributed by atoms with Crippen molar-refractivity contribution in [2.75, 3.05) is 43.2 Å². The van der Waals surface area contributed by atoms with Gasteiger partial charge in [0.25, 0.3) is 5.91 Å². The molecule has 4 aliphatic rings. The second-order valence-corrected chi connectivity index (χ2v) is 13.3. The Morgan fingerprint density at radius 2 is 1.93 bits per heavy atom. The molecule has 1 aromatic heterocycles. The SMILES string of the molecule is COCCCN1C(=O)C(C)(C)Oc2ccc(N(C(=O)[C@H]3CNC[C@@H](C(=O)NC4(c5cccnc5)CCCC4)C3)C3CC3)cc21. The van der Waals surface area contributed by atoms with Crippen molar-refractivity contribution in [1.82, 2.24) is 15.6 Å². The average Bonchev–Trinajstić information content (AvgIpc) is 3.75. The third-order valence-electron chi connectivity index (χ3n) is 9.62. The van der Waals surface area contributed by atoms with Crippen molar-refractivity contribution in [1.29, 1.82) is 0 Å². The highest BCUT2D eigenvalue weighted by atomic mass is 16.5. The van der Waals surface area contributed by atoms with Gasteiger partial charge in [-0.2, -0.15) is 0 Å². The molecule has 1 aromatic carbocycles. The standard InChI is InChI=1S/C34H45N5O5/c1-33(2)32(42)38(16-7-17-43-3)28-19-27(11-12-29(28)44-33)39(26-9-10-26)31(41)24-18-23(20-36-21-24)30(40)37-34(13-4-5-14-34)25-8-6-15-35-22-25/h6,8,11-12,15,19,22-24,26,36H,4-5,7,9-10,13-14,16-18,20-21H2,1-3H3,(H,37,40)/t23-,24+/m0/s1. The largest absolute Gasteiger partial charge is 0.476 e. The number of ether oxygens (including phenoxy) is 2. The number of fused-ring (bicyclic) bond motifs is 1. The van der Waals surface area contributed by atoms with Gasteiger partial charge in [0.15, 0.2) is 5.60 Å². The van der Waals surface area contributed by atoms with E-state index >= 15 is 0 Å². The number of benzene rings is 1. The highest BCUT2D eigenvalue weighted by Crippen LogP contribution is 2.43. The van der Waals surface area contributed by atoms with Crippen LogP contribution in [0.1, 0.15) is 70.8 Å². The molecule has 44 heavy (non-hydrogen) atoms. The second kappa shape index (κ2) is 12.5. The number of nitrogens with zero attached hydrogens (tertiary/aromatic N) is 3. The molecule has 3 fully saturated rings. The Morgan fingerprint density at radius 3 is 2.64 bits per heavy atom. The molecule has 10 heteroatoms. The fraction of sp³-hybridized carbons (Fsp3) is 0.588. The van der Waals surface area contributed by atoms with E-state index in [1.807, 2.05) is 35.4 Å². The number of pyridine rings is 1. The van der Waals surface area contributed by atoms with Crippen molar-refractivity contribution in [3.05, 3.63) is 48.3 Å². The number of amides is 3. The number of piperidine rings is 1. The van der Waals surface area contributed by atoms with Crippen LogP contribution in [0.15, 0.2) is 42.7 Å². The van der Waals surface area contributed by atoms with Gasteiger partial charge in [-0.15, -0.1) is 0 Å². The first-order valence-corrected chi connectivity index (χ1v) is 16.1. The highest BCUT2D eigenvalue weighted by molar-refractivity contribution is 6.04. The van der Waals surface area contributed by atoms with Crippen molar-refractivity contribution in [2.45, 2.75) is 82.4 Å². The Kier molecular flexibility index (Phi) is 8.66. The Hall–Kier alpha value is -3.50. The number of carbonyl (C=O) groups excluding carboxylic acids is 3. The van der Waals surface area contributed by atoms with E-state index in [1.165, 1.54) is 0 Å². The minimum atomic E-state index is -0.981. The number of rotatable bonds is 10. The number of hydrogen-bond donors (Lipinski definition) is 2. The van der Waals surface area contributed by atoms with E-state index in [0.29, 0.717) is 50.5 Å². The Bertz CT molecular complexity index is 1370. The van der Waals surface area contributed by atoms with Gasteiger partial charge in [0.2, 0.25) is 11.8 Å². The van der Waals surface area contributed by atoms with Crippen molar-refractivity contribution < 1.29 is 23.9 Å². The van der Waals surface area contributed by atoms with Crippen LogP contribution in [-0.4, -0.2) is 67.7 Å². The molecule has 2 aliphatic carbocycles. The molecule has 6 rings (SSSR count). The first-order chi connectivity index (χ1) is 21.2. The minimum absolute atomic E-state index is 0.00233. The van der Waals surface area contributed by atoms with E-state index in [-0.39, 0.29) is 35.6 Å². The van der Waals surface area contributed by atoms with E-state index in [1.54, 1.807) is 32.1 Å². The third-order valence-corrected chi connectivity index (χ3v) is 9.62. The van der Waals surface area contributed by atoms with Crippen LogP contribution in [0.3, 0.4) is 0 Å². The van der Waals surface area contributed by atoms with E-state index in [0.717, 1.165) is 49.8 Å². The second-order valence-electron chi connectivity index (χ2n) is 13.3. The molecule has 10 nitrogen and oxygen atoms in total. The van der Waals surface area contributed by atoms with Gasteiger partial charge in [0, 0.05) is 57.5 Å². The van der Waals surface area contributed by atoms with Crippen LogP contribution >= 0.6 is 0 Å². The van der Waals surface area contributed by atoms with Gasteiger partial charge >= 0.3 is 0 Å². The fourth-order valence-electron chi connectivity index (χ4n) is 7.12. The summed E-state index contributed by atoms with van der Waals surface area (Å²) < 4.78 is 11.3. The number of aromatic nitrogens is 1. The Balaban J connectivity index is 1.20. The van der Waals surface area contributed by atoms with Gasteiger partial charge in [-0.1, -0.05) is 18.9 Å². The first-order valence-electron chi connectivity index (χ1n) is 16.1. The van der Waals surface area contributed by atoms with E-state index in [9.17, 15) is 14.4 Å². The molecule has 3 heterocycles. The molecule has 0 spiro atoms. The molecule has 2 saturated carbocycles. The Morgan fingerprint density at radius 1 is 1.16 bits per heavy atom. The summed E-state index contributed by atoms with van der Waals surface area (Å²) in [7, 11) is 1.65.